The Bertz CT molecular complexity index is 1850. The van der Waals surface area contributed by atoms with Gasteiger partial charge in [-0.15, -0.1) is 0 Å². The standard InChI is InChI=1S/C28H21IN8O2S/c29-40-37-16-23-18-3-4-24-19(9-18)10-22(15-32-24)39-7-6-38-21-8-17(11-31-14-21)12-33-26-25(23)27(37)36-28(35-26)34-20-2-1-5-30-13-20/h1-5,8-11,13-16H,6-7,12H2,(H2,33,34,35,36). The van der Waals surface area contributed by atoms with Crippen molar-refractivity contribution in [3.63, 3.8) is 0 Å². The van der Waals surface area contributed by atoms with Gasteiger partial charge in [0.25, 0.3) is 0 Å². The second-order valence-electron chi connectivity index (χ2n) is 9.06. The molecule has 6 aromatic rings. The van der Waals surface area contributed by atoms with Crippen molar-refractivity contribution in [3.8, 4) is 22.6 Å². The third kappa shape index (κ3) is 4.95. The first-order valence-electron chi connectivity index (χ1n) is 12.5. The third-order valence-electron chi connectivity index (χ3n) is 6.42. The van der Waals surface area contributed by atoms with E-state index in [1.165, 1.54) is 0 Å². The molecule has 0 saturated heterocycles. The molecule has 5 bridgehead atoms. The Hall–Kier alpha value is -4.17. The third-order valence-corrected chi connectivity index (χ3v) is 8.12. The van der Waals surface area contributed by atoms with Crippen LogP contribution in [-0.4, -0.2) is 42.1 Å². The molecular weight excluding hydrogens is 639 g/mol. The largest absolute Gasteiger partial charge is 0.488 e. The van der Waals surface area contributed by atoms with Crippen molar-refractivity contribution in [1.82, 2.24) is 28.9 Å². The van der Waals surface area contributed by atoms with Gasteiger partial charge in [0.2, 0.25) is 5.95 Å². The Labute approximate surface area is 245 Å². The van der Waals surface area contributed by atoms with Gasteiger partial charge >= 0.3 is 0 Å². The average molecular weight is 661 g/mol. The van der Waals surface area contributed by atoms with Crippen LogP contribution in [0.2, 0.25) is 0 Å². The fourth-order valence-electron chi connectivity index (χ4n) is 4.62. The lowest BCUT2D eigenvalue weighted by atomic mass is 10.0. The molecule has 1 aromatic carbocycles. The van der Waals surface area contributed by atoms with Crippen LogP contribution in [-0.2, 0) is 6.54 Å². The minimum absolute atomic E-state index is 0.385. The maximum Gasteiger partial charge on any atom is 0.231 e. The highest BCUT2D eigenvalue weighted by Gasteiger charge is 2.20. The van der Waals surface area contributed by atoms with Crippen LogP contribution in [0.1, 0.15) is 5.56 Å². The van der Waals surface area contributed by atoms with Gasteiger partial charge in [-0.25, -0.2) is 0 Å². The van der Waals surface area contributed by atoms with Crippen LogP contribution in [0.5, 0.6) is 11.5 Å². The summed E-state index contributed by atoms with van der Waals surface area (Å²) in [5.74, 6) is 2.52. The molecule has 0 fully saturated rings. The summed E-state index contributed by atoms with van der Waals surface area (Å²) in [5, 5.41) is 8.72. The molecule has 2 N–H and O–H groups in total. The van der Waals surface area contributed by atoms with Crippen molar-refractivity contribution in [1.29, 1.82) is 0 Å². The lowest BCUT2D eigenvalue weighted by Crippen LogP contribution is -2.10. The summed E-state index contributed by atoms with van der Waals surface area (Å²) in [4.78, 5) is 23.0. The van der Waals surface area contributed by atoms with Gasteiger partial charge < -0.3 is 20.1 Å². The quantitative estimate of drug-likeness (QED) is 0.207. The van der Waals surface area contributed by atoms with Crippen molar-refractivity contribution in [2.24, 2.45) is 0 Å². The predicted molar refractivity (Wildman–Crippen MR) is 165 cm³/mol. The van der Waals surface area contributed by atoms with Crippen molar-refractivity contribution >= 4 is 69.7 Å². The van der Waals surface area contributed by atoms with Gasteiger partial charge in [0, 0.05) is 66.4 Å². The number of benzene rings is 1. The molecule has 0 aliphatic carbocycles. The van der Waals surface area contributed by atoms with Crippen molar-refractivity contribution in [2.45, 2.75) is 6.54 Å². The SMILES string of the molecule is ISn1cc2c3c(nc(Nc4cccnc4)nc31)NCc1cncc(c1)OCCOc1cnc3ccc-2cc3c1. The number of rotatable bonds is 3. The molecule has 0 radical (unpaired) electrons. The molecule has 1 aliphatic heterocycles. The van der Waals surface area contributed by atoms with Gasteiger partial charge in [0.1, 0.15) is 30.5 Å². The van der Waals surface area contributed by atoms with Gasteiger partial charge in [0.15, 0.2) is 5.65 Å². The molecule has 0 saturated carbocycles. The number of aromatic nitrogens is 6. The molecule has 12 heteroatoms. The highest BCUT2D eigenvalue weighted by molar-refractivity contribution is 14.2. The Balaban J connectivity index is 1.42. The molecular formula is C28H21IN8O2S. The summed E-state index contributed by atoms with van der Waals surface area (Å²) in [7, 11) is 1.54. The number of nitrogens with one attached hydrogen (secondary N) is 2. The van der Waals surface area contributed by atoms with E-state index in [2.05, 4.69) is 65.1 Å². The van der Waals surface area contributed by atoms with Crippen molar-refractivity contribution < 1.29 is 9.47 Å². The molecule has 6 heterocycles. The zero-order chi connectivity index (χ0) is 26.9. The van der Waals surface area contributed by atoms with E-state index in [1.54, 1.807) is 33.9 Å². The molecule has 5 aromatic heterocycles. The maximum absolute atomic E-state index is 5.94. The van der Waals surface area contributed by atoms with Crippen LogP contribution in [0.25, 0.3) is 33.1 Å². The maximum atomic E-state index is 5.94. The molecule has 0 unspecified atom stereocenters. The number of hydrogen-bond donors (Lipinski definition) is 2. The first kappa shape index (κ1) is 24.8. The molecule has 10 nitrogen and oxygen atoms in total. The van der Waals surface area contributed by atoms with E-state index in [9.17, 15) is 0 Å². The second kappa shape index (κ2) is 10.8. The molecule has 40 heavy (non-hydrogen) atoms. The Morgan fingerprint density at radius 1 is 0.950 bits per heavy atom. The fraction of sp³-hybridized carbons (Fsp3) is 0.107. The smallest absolute Gasteiger partial charge is 0.231 e. The van der Waals surface area contributed by atoms with E-state index >= 15 is 0 Å². The van der Waals surface area contributed by atoms with E-state index in [-0.39, 0.29) is 0 Å². The van der Waals surface area contributed by atoms with Crippen LogP contribution in [0.15, 0.2) is 79.6 Å². The highest BCUT2D eigenvalue weighted by Crippen LogP contribution is 2.39. The number of nitrogens with zero attached hydrogens (tertiary/aromatic N) is 6. The van der Waals surface area contributed by atoms with Crippen LogP contribution < -0.4 is 20.1 Å². The average Bonchev–Trinajstić information content (AvgIpc) is 3.37. The monoisotopic (exact) mass is 660 g/mol. The summed E-state index contributed by atoms with van der Waals surface area (Å²) in [6, 6.07) is 14.0. The molecule has 1 aliphatic rings. The van der Waals surface area contributed by atoms with Gasteiger partial charge in [-0.1, -0.05) is 6.07 Å². The summed E-state index contributed by atoms with van der Waals surface area (Å²) in [6.45, 7) is 1.26. The van der Waals surface area contributed by atoms with Gasteiger partial charge in [-0.3, -0.25) is 18.9 Å². The van der Waals surface area contributed by atoms with E-state index in [1.807, 2.05) is 40.5 Å². The molecule has 0 spiro atoms. The minimum atomic E-state index is 0.385. The Morgan fingerprint density at radius 3 is 2.70 bits per heavy atom. The van der Waals surface area contributed by atoms with E-state index < -0.39 is 0 Å². The minimum Gasteiger partial charge on any atom is -0.488 e. The summed E-state index contributed by atoms with van der Waals surface area (Å²) < 4.78 is 13.9. The fourth-order valence-corrected chi connectivity index (χ4v) is 5.87. The molecule has 7 rings (SSSR count). The number of halogens is 1. The summed E-state index contributed by atoms with van der Waals surface area (Å²) >= 11 is 2.27. The van der Waals surface area contributed by atoms with Gasteiger partial charge in [-0.05, 0) is 47.5 Å². The van der Waals surface area contributed by atoms with E-state index in [0.29, 0.717) is 43.0 Å². The first-order valence-corrected chi connectivity index (χ1v) is 15.8. The Kier molecular flexibility index (Phi) is 6.69. The molecule has 0 atom stereocenters. The topological polar surface area (TPSA) is 112 Å². The number of pyridine rings is 3. The number of hydrogen-bond acceptors (Lipinski definition) is 10. The van der Waals surface area contributed by atoms with Crippen LogP contribution in [0, 0.1) is 0 Å². The van der Waals surface area contributed by atoms with Crippen LogP contribution in [0.4, 0.5) is 17.5 Å². The number of fused-ring (bicyclic) bond motifs is 5. The zero-order valence-electron chi connectivity index (χ0n) is 20.9. The predicted octanol–water partition coefficient (Wildman–Crippen LogP) is 6.41. The van der Waals surface area contributed by atoms with E-state index in [0.717, 1.165) is 44.3 Å². The highest BCUT2D eigenvalue weighted by atomic mass is 127. The lowest BCUT2D eigenvalue weighted by molar-refractivity contribution is 0.216. The normalized spacial score (nSPS) is 13.0. The van der Waals surface area contributed by atoms with Gasteiger partial charge in [0.05, 0.1) is 35.2 Å². The first-order chi connectivity index (χ1) is 19.7. The van der Waals surface area contributed by atoms with Crippen LogP contribution in [0.3, 0.4) is 0 Å². The zero-order valence-corrected chi connectivity index (χ0v) is 23.9. The molecule has 198 valence electrons. The molecule has 0 amide bonds. The lowest BCUT2D eigenvalue weighted by Gasteiger charge is -2.12. The summed E-state index contributed by atoms with van der Waals surface area (Å²) in [5.41, 5.74) is 5.45. The Morgan fingerprint density at radius 2 is 1.85 bits per heavy atom. The summed E-state index contributed by atoms with van der Waals surface area (Å²) in [6.07, 6.45) is 10.8. The van der Waals surface area contributed by atoms with E-state index in [4.69, 9.17) is 19.4 Å². The van der Waals surface area contributed by atoms with Crippen molar-refractivity contribution in [2.75, 3.05) is 23.8 Å². The van der Waals surface area contributed by atoms with Gasteiger partial charge in [-0.2, -0.15) is 9.97 Å². The van der Waals surface area contributed by atoms with Crippen LogP contribution >= 0.6 is 30.3 Å². The van der Waals surface area contributed by atoms with Crippen molar-refractivity contribution in [3.05, 3.63) is 85.2 Å². The second-order valence-corrected chi connectivity index (χ2v) is 10.8. The number of anilines is 3. The number of ether oxygens (including phenoxy) is 2.